The molecule has 1 N–H and O–H groups in total. The lowest BCUT2D eigenvalue weighted by Gasteiger charge is -2.25. The van der Waals surface area contributed by atoms with Crippen LogP contribution in [0.5, 0.6) is 0 Å². The lowest BCUT2D eigenvalue weighted by Crippen LogP contribution is -2.36. The summed E-state index contributed by atoms with van der Waals surface area (Å²) in [6.45, 7) is 5.90. The molecule has 2 atom stereocenters. The number of rotatable bonds is 5. The van der Waals surface area contributed by atoms with Crippen molar-refractivity contribution < 1.29 is 4.21 Å². The van der Waals surface area contributed by atoms with E-state index < -0.39 is 11.0 Å². The quantitative estimate of drug-likeness (QED) is 0.844. The second-order valence-corrected chi connectivity index (χ2v) is 8.73. The van der Waals surface area contributed by atoms with E-state index in [1.54, 1.807) is 0 Å². The third-order valence-corrected chi connectivity index (χ3v) is 5.19. The van der Waals surface area contributed by atoms with Crippen LogP contribution < -0.4 is 4.72 Å². The van der Waals surface area contributed by atoms with E-state index >= 15 is 0 Å². The minimum absolute atomic E-state index is 0.0406. The Morgan fingerprint density at radius 3 is 2.36 bits per heavy atom. The van der Waals surface area contributed by atoms with Crippen LogP contribution in [0.2, 0.25) is 5.02 Å². The highest BCUT2D eigenvalue weighted by Gasteiger charge is 2.24. The van der Waals surface area contributed by atoms with E-state index in [9.17, 15) is 4.21 Å². The Bertz CT molecular complexity index is 637. The second-order valence-electron chi connectivity index (χ2n) is 6.30. The summed E-state index contributed by atoms with van der Waals surface area (Å²) in [4.78, 5) is 0. The zero-order valence-corrected chi connectivity index (χ0v) is 14.7. The van der Waals surface area contributed by atoms with Crippen molar-refractivity contribution in [1.29, 1.82) is 0 Å². The Balaban J connectivity index is 2.26. The van der Waals surface area contributed by atoms with Crippen LogP contribution in [0.1, 0.15) is 37.9 Å². The molecule has 1 unspecified atom stereocenters. The lowest BCUT2D eigenvalue weighted by atomic mass is 10.00. The van der Waals surface area contributed by atoms with Gasteiger partial charge in [0.05, 0.1) is 15.7 Å². The number of benzene rings is 2. The van der Waals surface area contributed by atoms with Gasteiger partial charge in [-0.25, -0.2) is 8.93 Å². The maximum absolute atomic E-state index is 12.5. The summed E-state index contributed by atoms with van der Waals surface area (Å²) >= 11 is 6.11. The monoisotopic (exact) mass is 335 g/mol. The van der Waals surface area contributed by atoms with Crippen molar-refractivity contribution in [1.82, 2.24) is 4.72 Å². The molecular weight excluding hydrogens is 314 g/mol. The van der Waals surface area contributed by atoms with Gasteiger partial charge in [0.25, 0.3) is 0 Å². The van der Waals surface area contributed by atoms with Gasteiger partial charge >= 0.3 is 0 Å². The summed E-state index contributed by atoms with van der Waals surface area (Å²) in [7, 11) is -1.14. The van der Waals surface area contributed by atoms with Crippen molar-refractivity contribution in [3.8, 4) is 0 Å². The predicted octanol–water partition coefficient (Wildman–Crippen LogP) is 4.68. The van der Waals surface area contributed by atoms with Gasteiger partial charge in [-0.15, -0.1) is 0 Å². The van der Waals surface area contributed by atoms with Crippen LogP contribution in [-0.2, 0) is 17.4 Å². The number of hydrogen-bond acceptors (Lipinski definition) is 1. The molecular formula is C18H22ClNOS. The van der Waals surface area contributed by atoms with Crippen molar-refractivity contribution in [3.05, 3.63) is 70.7 Å². The van der Waals surface area contributed by atoms with Gasteiger partial charge < -0.3 is 0 Å². The lowest BCUT2D eigenvalue weighted by molar-refractivity contribution is 0.597. The van der Waals surface area contributed by atoms with Gasteiger partial charge in [0.1, 0.15) is 0 Å². The first-order chi connectivity index (χ1) is 10.4. The molecule has 0 amide bonds. The highest BCUT2D eigenvalue weighted by atomic mass is 35.5. The van der Waals surface area contributed by atoms with Crippen LogP contribution in [0.3, 0.4) is 0 Å². The molecule has 0 radical (unpaired) electrons. The molecule has 0 aliphatic heterocycles. The molecule has 0 spiro atoms. The molecule has 2 aromatic rings. The number of halogens is 1. The van der Waals surface area contributed by atoms with Crippen molar-refractivity contribution >= 4 is 22.6 Å². The van der Waals surface area contributed by atoms with E-state index in [0.29, 0.717) is 5.02 Å². The molecule has 22 heavy (non-hydrogen) atoms. The topological polar surface area (TPSA) is 29.1 Å². The van der Waals surface area contributed by atoms with Gasteiger partial charge in [-0.2, -0.15) is 0 Å². The fraction of sp³-hybridized carbons (Fsp3) is 0.333. The molecule has 0 saturated carbocycles. The molecule has 0 saturated heterocycles. The molecule has 4 heteroatoms. The third-order valence-electron chi connectivity index (χ3n) is 3.34. The zero-order valence-electron chi connectivity index (χ0n) is 13.2. The molecule has 2 nitrogen and oxygen atoms in total. The standard InChI is InChI=1S/C18H22ClNOS/c1-18(2,3)22(21)20-17(12-14-8-5-4-6-9-14)15-10-7-11-16(19)13-15/h4-11,13,17,20H,12H2,1-3H3/t17-,22?/m1/s1. The molecule has 2 rings (SSSR count). The van der Waals surface area contributed by atoms with E-state index in [1.807, 2.05) is 63.2 Å². The van der Waals surface area contributed by atoms with E-state index in [4.69, 9.17) is 11.6 Å². The average Bonchev–Trinajstić information content (AvgIpc) is 2.46. The van der Waals surface area contributed by atoms with Crippen molar-refractivity contribution in [2.24, 2.45) is 0 Å². The Kier molecular flexibility index (Phi) is 5.79. The predicted molar refractivity (Wildman–Crippen MR) is 95.4 cm³/mol. The highest BCUT2D eigenvalue weighted by Crippen LogP contribution is 2.23. The smallest absolute Gasteiger partial charge is 0.0976 e. The van der Waals surface area contributed by atoms with Crippen LogP contribution in [0, 0.1) is 0 Å². The van der Waals surface area contributed by atoms with Gasteiger partial charge in [-0.05, 0) is 50.5 Å². The Labute approximate surface area is 140 Å². The first-order valence-electron chi connectivity index (χ1n) is 7.34. The maximum Gasteiger partial charge on any atom is 0.0976 e. The summed E-state index contributed by atoms with van der Waals surface area (Å²) < 4.78 is 15.4. The van der Waals surface area contributed by atoms with Gasteiger partial charge in [0.2, 0.25) is 0 Å². The molecule has 0 heterocycles. The van der Waals surface area contributed by atoms with E-state index in [1.165, 1.54) is 5.56 Å². The highest BCUT2D eigenvalue weighted by molar-refractivity contribution is 7.84. The maximum atomic E-state index is 12.5. The minimum atomic E-state index is -1.14. The summed E-state index contributed by atoms with van der Waals surface area (Å²) in [6.07, 6.45) is 0.767. The molecule has 118 valence electrons. The molecule has 0 aliphatic carbocycles. The molecule has 0 fully saturated rings. The van der Waals surface area contributed by atoms with Crippen LogP contribution in [0.15, 0.2) is 54.6 Å². The minimum Gasteiger partial charge on any atom is -0.242 e. The molecule has 2 aromatic carbocycles. The average molecular weight is 336 g/mol. The summed E-state index contributed by atoms with van der Waals surface area (Å²) in [6, 6.07) is 17.9. The van der Waals surface area contributed by atoms with Gasteiger partial charge in [0.15, 0.2) is 0 Å². The fourth-order valence-electron chi connectivity index (χ4n) is 2.11. The van der Waals surface area contributed by atoms with Crippen LogP contribution in [-0.4, -0.2) is 8.96 Å². The first-order valence-corrected chi connectivity index (χ1v) is 8.86. The second kappa shape index (κ2) is 7.40. The molecule has 0 bridgehead atoms. The SMILES string of the molecule is CC(C)(C)S(=O)N[C@H](Cc1ccccc1)c1cccc(Cl)c1. The van der Waals surface area contributed by atoms with Crippen LogP contribution in [0.4, 0.5) is 0 Å². The molecule has 0 aliphatic rings. The first kappa shape index (κ1) is 17.2. The van der Waals surface area contributed by atoms with Crippen molar-refractivity contribution in [2.45, 2.75) is 38.0 Å². The van der Waals surface area contributed by atoms with Gasteiger partial charge in [-0.1, -0.05) is 54.1 Å². The number of hydrogen-bond donors (Lipinski definition) is 1. The Hall–Kier alpha value is -1.16. The van der Waals surface area contributed by atoms with Crippen LogP contribution >= 0.6 is 11.6 Å². The van der Waals surface area contributed by atoms with E-state index in [2.05, 4.69) is 16.9 Å². The zero-order chi connectivity index (χ0) is 16.2. The third kappa shape index (κ3) is 4.94. The normalized spacial score (nSPS) is 14.5. The Morgan fingerprint density at radius 1 is 1.09 bits per heavy atom. The van der Waals surface area contributed by atoms with Gasteiger partial charge in [-0.3, -0.25) is 0 Å². The summed E-state index contributed by atoms with van der Waals surface area (Å²) in [5, 5.41) is 0.693. The van der Waals surface area contributed by atoms with E-state index in [-0.39, 0.29) is 10.8 Å². The van der Waals surface area contributed by atoms with Gasteiger partial charge in [0, 0.05) is 11.1 Å². The molecule has 0 aromatic heterocycles. The summed E-state index contributed by atoms with van der Waals surface area (Å²) in [5.41, 5.74) is 2.25. The van der Waals surface area contributed by atoms with E-state index in [0.717, 1.165) is 12.0 Å². The van der Waals surface area contributed by atoms with Crippen LogP contribution in [0.25, 0.3) is 0 Å². The summed E-state index contributed by atoms with van der Waals surface area (Å²) in [5.74, 6) is 0. The number of nitrogens with one attached hydrogen (secondary N) is 1. The van der Waals surface area contributed by atoms with Crippen molar-refractivity contribution in [2.75, 3.05) is 0 Å². The van der Waals surface area contributed by atoms with Crippen molar-refractivity contribution in [3.63, 3.8) is 0 Å². The largest absolute Gasteiger partial charge is 0.242 e. The Morgan fingerprint density at radius 2 is 1.77 bits per heavy atom. The fourth-order valence-corrected chi connectivity index (χ4v) is 3.14.